The summed E-state index contributed by atoms with van der Waals surface area (Å²) in [6.07, 6.45) is 1.67. The molecule has 0 saturated carbocycles. The van der Waals surface area contributed by atoms with Crippen molar-refractivity contribution in [1.82, 2.24) is 4.98 Å². The predicted octanol–water partition coefficient (Wildman–Crippen LogP) is 3.21. The third kappa shape index (κ3) is 2.69. The first-order chi connectivity index (χ1) is 14.0. The molecule has 29 heavy (non-hydrogen) atoms. The Labute approximate surface area is 167 Å². The van der Waals surface area contributed by atoms with Crippen LogP contribution in [0.1, 0.15) is 24.5 Å². The van der Waals surface area contributed by atoms with Crippen LogP contribution in [0, 0.1) is 0 Å². The Balaban J connectivity index is 1.99. The standard InChI is InChI=1S/C22H21N3O4/c1-3-29-20(26)18(24-28)12-22(16-13-23-17-10-6-4-8-14(16)17)15-9-5-7-11-19(15)25(2)21(22)27/h4-11,13,23,28H,3,12H2,1-2H3/b24-18-/t22-/m1/s1. The molecule has 3 aromatic rings. The number of ether oxygens (including phenoxy) is 1. The molecular formula is C22H21N3O4. The average molecular weight is 391 g/mol. The maximum Gasteiger partial charge on any atom is 0.356 e. The Morgan fingerprint density at radius 1 is 1.17 bits per heavy atom. The van der Waals surface area contributed by atoms with E-state index in [1.165, 1.54) is 0 Å². The topological polar surface area (TPSA) is 95.0 Å². The molecule has 2 N–H and O–H groups in total. The number of hydrogen-bond acceptors (Lipinski definition) is 5. The number of rotatable bonds is 5. The van der Waals surface area contributed by atoms with Gasteiger partial charge in [-0.25, -0.2) is 4.79 Å². The minimum absolute atomic E-state index is 0.121. The zero-order valence-electron chi connectivity index (χ0n) is 16.2. The number of nitrogens with one attached hydrogen (secondary N) is 1. The first kappa shape index (κ1) is 18.7. The van der Waals surface area contributed by atoms with E-state index in [0.29, 0.717) is 0 Å². The Morgan fingerprint density at radius 2 is 1.90 bits per heavy atom. The maximum atomic E-state index is 13.7. The molecule has 7 nitrogen and oxygen atoms in total. The van der Waals surface area contributed by atoms with Crippen LogP contribution >= 0.6 is 0 Å². The largest absolute Gasteiger partial charge is 0.461 e. The van der Waals surface area contributed by atoms with Crippen molar-refractivity contribution in [2.24, 2.45) is 5.16 Å². The number of carbonyl (C=O) groups is 2. The van der Waals surface area contributed by atoms with Crippen molar-refractivity contribution in [3.8, 4) is 0 Å². The lowest BCUT2D eigenvalue weighted by molar-refractivity contribution is -0.135. The van der Waals surface area contributed by atoms with Crippen molar-refractivity contribution in [3.05, 3.63) is 65.9 Å². The molecule has 0 aliphatic carbocycles. The SMILES string of the molecule is CCOC(=O)/C(C[C@@]1(c2c[nH]c3ccccc23)C(=O)N(C)c2ccccc21)=N\O. The number of anilines is 1. The Morgan fingerprint density at radius 3 is 2.66 bits per heavy atom. The molecule has 1 amide bonds. The van der Waals surface area contributed by atoms with E-state index in [1.54, 1.807) is 25.1 Å². The van der Waals surface area contributed by atoms with E-state index in [9.17, 15) is 14.8 Å². The molecular weight excluding hydrogens is 370 g/mol. The number of aromatic amines is 1. The number of para-hydroxylation sites is 2. The number of carbonyl (C=O) groups excluding carboxylic acids is 2. The summed E-state index contributed by atoms with van der Waals surface area (Å²) in [7, 11) is 1.71. The van der Waals surface area contributed by atoms with Crippen LogP contribution in [-0.2, 0) is 19.7 Å². The van der Waals surface area contributed by atoms with Crippen LogP contribution in [0.3, 0.4) is 0 Å². The van der Waals surface area contributed by atoms with E-state index >= 15 is 0 Å². The smallest absolute Gasteiger partial charge is 0.356 e. The minimum Gasteiger partial charge on any atom is -0.461 e. The van der Waals surface area contributed by atoms with E-state index in [0.717, 1.165) is 27.7 Å². The first-order valence-electron chi connectivity index (χ1n) is 9.37. The van der Waals surface area contributed by atoms with Gasteiger partial charge in [-0.05, 0) is 30.2 Å². The molecule has 0 unspecified atom stereocenters. The van der Waals surface area contributed by atoms with Crippen LogP contribution < -0.4 is 4.90 Å². The molecule has 2 heterocycles. The molecule has 0 fully saturated rings. The van der Waals surface area contributed by atoms with Gasteiger partial charge in [-0.1, -0.05) is 41.6 Å². The monoisotopic (exact) mass is 391 g/mol. The number of hydrogen-bond donors (Lipinski definition) is 2. The van der Waals surface area contributed by atoms with Gasteiger partial charge in [0.15, 0.2) is 5.71 Å². The second kappa shape index (κ2) is 7.09. The van der Waals surface area contributed by atoms with Crippen LogP contribution in [0.25, 0.3) is 10.9 Å². The van der Waals surface area contributed by atoms with Gasteiger partial charge in [0.1, 0.15) is 5.41 Å². The van der Waals surface area contributed by atoms with Gasteiger partial charge >= 0.3 is 5.97 Å². The maximum absolute atomic E-state index is 13.7. The van der Waals surface area contributed by atoms with Crippen LogP contribution in [0.15, 0.2) is 59.9 Å². The zero-order valence-corrected chi connectivity index (χ0v) is 16.2. The van der Waals surface area contributed by atoms with Crippen molar-refractivity contribution >= 4 is 34.2 Å². The molecule has 1 aliphatic rings. The van der Waals surface area contributed by atoms with Crippen LogP contribution in [0.2, 0.25) is 0 Å². The van der Waals surface area contributed by atoms with Crippen LogP contribution in [0.5, 0.6) is 0 Å². The zero-order chi connectivity index (χ0) is 20.6. The molecule has 7 heteroatoms. The van der Waals surface area contributed by atoms with Crippen molar-refractivity contribution < 1.29 is 19.5 Å². The quantitative estimate of drug-likeness (QED) is 0.302. The number of fused-ring (bicyclic) bond motifs is 2. The predicted molar refractivity (Wildman–Crippen MR) is 109 cm³/mol. The second-order valence-corrected chi connectivity index (χ2v) is 6.98. The van der Waals surface area contributed by atoms with Crippen LogP contribution in [-0.4, -0.2) is 41.4 Å². The van der Waals surface area contributed by atoms with Gasteiger partial charge in [0.2, 0.25) is 5.91 Å². The van der Waals surface area contributed by atoms with Crippen molar-refractivity contribution in [2.45, 2.75) is 18.8 Å². The number of esters is 1. The van der Waals surface area contributed by atoms with Gasteiger partial charge in [-0.15, -0.1) is 0 Å². The summed E-state index contributed by atoms with van der Waals surface area (Å²) < 4.78 is 5.04. The van der Waals surface area contributed by atoms with Gasteiger partial charge in [-0.3, -0.25) is 4.79 Å². The lowest BCUT2D eigenvalue weighted by Crippen LogP contribution is -2.42. The number of likely N-dealkylation sites (N-methyl/N-ethyl adjacent to an activating group) is 1. The number of nitrogens with zero attached hydrogens (tertiary/aromatic N) is 2. The fraction of sp³-hybridized carbons (Fsp3) is 0.227. The summed E-state index contributed by atoms with van der Waals surface area (Å²) in [6.45, 7) is 1.81. The van der Waals surface area contributed by atoms with Crippen molar-refractivity contribution in [3.63, 3.8) is 0 Å². The molecule has 2 aromatic carbocycles. The number of amides is 1. The van der Waals surface area contributed by atoms with E-state index in [4.69, 9.17) is 4.74 Å². The van der Waals surface area contributed by atoms with Gasteiger partial charge in [-0.2, -0.15) is 0 Å². The highest BCUT2D eigenvalue weighted by Crippen LogP contribution is 2.49. The van der Waals surface area contributed by atoms with Gasteiger partial charge < -0.3 is 19.8 Å². The van der Waals surface area contributed by atoms with Crippen molar-refractivity contribution in [2.75, 3.05) is 18.6 Å². The highest BCUT2D eigenvalue weighted by Gasteiger charge is 2.53. The summed E-state index contributed by atoms with van der Waals surface area (Å²) in [6, 6.07) is 15.1. The lowest BCUT2D eigenvalue weighted by Gasteiger charge is -2.28. The Kier molecular flexibility index (Phi) is 4.58. The number of oxime groups is 1. The highest BCUT2D eigenvalue weighted by molar-refractivity contribution is 6.37. The molecule has 148 valence electrons. The summed E-state index contributed by atoms with van der Waals surface area (Å²) >= 11 is 0. The summed E-state index contributed by atoms with van der Waals surface area (Å²) in [5.41, 5.74) is 1.68. The summed E-state index contributed by atoms with van der Waals surface area (Å²) in [5.74, 6) is -0.942. The molecule has 0 bridgehead atoms. The van der Waals surface area contributed by atoms with E-state index < -0.39 is 11.4 Å². The fourth-order valence-corrected chi connectivity index (χ4v) is 4.20. The summed E-state index contributed by atoms with van der Waals surface area (Å²) in [4.78, 5) is 30.9. The van der Waals surface area contributed by atoms with Gasteiger partial charge in [0, 0.05) is 36.3 Å². The average Bonchev–Trinajstić information content (AvgIpc) is 3.26. The molecule has 4 rings (SSSR count). The van der Waals surface area contributed by atoms with E-state index in [2.05, 4.69) is 10.1 Å². The highest BCUT2D eigenvalue weighted by atomic mass is 16.5. The molecule has 1 atom stereocenters. The van der Waals surface area contributed by atoms with E-state index in [1.807, 2.05) is 48.5 Å². The minimum atomic E-state index is -1.22. The van der Waals surface area contributed by atoms with Crippen molar-refractivity contribution in [1.29, 1.82) is 0 Å². The number of benzene rings is 2. The third-order valence-electron chi connectivity index (χ3n) is 5.51. The van der Waals surface area contributed by atoms with Gasteiger partial charge in [0.05, 0.1) is 6.61 Å². The first-order valence-corrected chi connectivity index (χ1v) is 9.37. The lowest BCUT2D eigenvalue weighted by atomic mass is 9.71. The normalized spacial score (nSPS) is 18.9. The molecule has 0 radical (unpaired) electrons. The summed E-state index contributed by atoms with van der Waals surface area (Å²) in [5, 5.41) is 13.6. The Bertz CT molecular complexity index is 1130. The second-order valence-electron chi connectivity index (χ2n) is 6.98. The number of H-pyrrole nitrogens is 1. The van der Waals surface area contributed by atoms with Gasteiger partial charge in [0.25, 0.3) is 0 Å². The molecule has 1 aliphatic heterocycles. The number of aromatic nitrogens is 1. The molecule has 1 aromatic heterocycles. The fourth-order valence-electron chi connectivity index (χ4n) is 4.20. The Hall–Kier alpha value is -3.61. The van der Waals surface area contributed by atoms with Crippen LogP contribution in [0.4, 0.5) is 5.69 Å². The third-order valence-corrected chi connectivity index (χ3v) is 5.51. The molecule has 0 saturated heterocycles. The molecule has 0 spiro atoms. The van der Waals surface area contributed by atoms with E-state index in [-0.39, 0.29) is 24.6 Å².